The molecule has 0 N–H and O–H groups in total. The van der Waals surface area contributed by atoms with E-state index >= 15 is 0 Å². The fourth-order valence-corrected chi connectivity index (χ4v) is 1.17. The summed E-state index contributed by atoms with van der Waals surface area (Å²) >= 11 is 0. The fraction of sp³-hybridized carbons (Fsp3) is 0.100. The van der Waals surface area contributed by atoms with Gasteiger partial charge in [-0.25, -0.2) is 0 Å². The minimum atomic E-state index is 0. The average molecular weight is 338 g/mol. The molecule has 2 rings (SSSR count). The SMILES string of the molecule is Cc1ccc2ccccc2n1.[Pt]. The van der Waals surface area contributed by atoms with Crippen LogP contribution in [0.5, 0.6) is 0 Å². The maximum Gasteiger partial charge on any atom is 0.0705 e. The molecular formula is C10H9NPt. The number of para-hydroxylation sites is 1. The molecule has 0 aliphatic carbocycles. The summed E-state index contributed by atoms with van der Waals surface area (Å²) in [4.78, 5) is 4.38. The van der Waals surface area contributed by atoms with Crippen molar-refractivity contribution in [3.8, 4) is 0 Å². The van der Waals surface area contributed by atoms with Crippen LogP contribution < -0.4 is 0 Å². The quantitative estimate of drug-likeness (QED) is 0.719. The second-order valence-electron chi connectivity index (χ2n) is 2.65. The number of rotatable bonds is 0. The van der Waals surface area contributed by atoms with Crippen molar-refractivity contribution in [3.63, 3.8) is 0 Å². The summed E-state index contributed by atoms with van der Waals surface area (Å²) in [6, 6.07) is 12.3. The van der Waals surface area contributed by atoms with Crippen molar-refractivity contribution in [2.45, 2.75) is 6.92 Å². The van der Waals surface area contributed by atoms with Gasteiger partial charge in [0.15, 0.2) is 0 Å². The number of fused-ring (bicyclic) bond motifs is 1. The Morgan fingerprint density at radius 2 is 1.75 bits per heavy atom. The van der Waals surface area contributed by atoms with Gasteiger partial charge in [0, 0.05) is 32.1 Å². The number of hydrogen-bond donors (Lipinski definition) is 0. The topological polar surface area (TPSA) is 12.9 Å². The summed E-state index contributed by atoms with van der Waals surface area (Å²) in [5.41, 5.74) is 2.15. The number of aromatic nitrogens is 1. The van der Waals surface area contributed by atoms with Crippen molar-refractivity contribution >= 4 is 10.9 Å². The van der Waals surface area contributed by atoms with Crippen LogP contribution in [-0.4, -0.2) is 4.98 Å². The van der Waals surface area contributed by atoms with Crippen molar-refractivity contribution in [1.29, 1.82) is 0 Å². The first-order valence-corrected chi connectivity index (χ1v) is 3.69. The Bertz CT molecular complexity index is 384. The van der Waals surface area contributed by atoms with Gasteiger partial charge in [0.05, 0.1) is 5.52 Å². The van der Waals surface area contributed by atoms with Crippen LogP contribution in [0.15, 0.2) is 36.4 Å². The molecule has 2 aromatic rings. The van der Waals surface area contributed by atoms with Crippen molar-refractivity contribution in [2.75, 3.05) is 0 Å². The Morgan fingerprint density at radius 3 is 2.58 bits per heavy atom. The van der Waals surface area contributed by atoms with Crippen LogP contribution in [0.2, 0.25) is 0 Å². The van der Waals surface area contributed by atoms with Gasteiger partial charge < -0.3 is 0 Å². The van der Waals surface area contributed by atoms with E-state index in [1.165, 1.54) is 5.39 Å². The van der Waals surface area contributed by atoms with Crippen LogP contribution in [0, 0.1) is 6.92 Å². The maximum atomic E-state index is 4.38. The Kier molecular flexibility index (Phi) is 2.99. The normalized spacial score (nSPS) is 9.42. The van der Waals surface area contributed by atoms with Gasteiger partial charge in [-0.2, -0.15) is 0 Å². The van der Waals surface area contributed by atoms with E-state index in [1.54, 1.807) is 0 Å². The molecule has 0 saturated carbocycles. The summed E-state index contributed by atoms with van der Waals surface area (Å²) in [5, 5.41) is 1.21. The Labute approximate surface area is 86.1 Å². The third kappa shape index (κ3) is 1.73. The predicted molar refractivity (Wildman–Crippen MR) is 46.5 cm³/mol. The van der Waals surface area contributed by atoms with E-state index in [2.05, 4.69) is 17.1 Å². The molecule has 2 heteroatoms. The van der Waals surface area contributed by atoms with E-state index in [-0.39, 0.29) is 21.1 Å². The molecule has 0 bridgehead atoms. The van der Waals surface area contributed by atoms with Crippen LogP contribution in [0.4, 0.5) is 0 Å². The van der Waals surface area contributed by atoms with Gasteiger partial charge in [-0.15, -0.1) is 0 Å². The van der Waals surface area contributed by atoms with Gasteiger partial charge in [-0.1, -0.05) is 24.3 Å². The van der Waals surface area contributed by atoms with Gasteiger partial charge in [-0.05, 0) is 19.1 Å². The van der Waals surface area contributed by atoms with Gasteiger partial charge in [-0.3, -0.25) is 4.98 Å². The fourth-order valence-electron chi connectivity index (χ4n) is 1.17. The molecule has 1 aromatic carbocycles. The number of benzene rings is 1. The smallest absolute Gasteiger partial charge is 0.0705 e. The maximum absolute atomic E-state index is 4.38. The molecule has 0 radical (unpaired) electrons. The van der Waals surface area contributed by atoms with Gasteiger partial charge in [0.2, 0.25) is 0 Å². The Balaban J connectivity index is 0.000000720. The molecule has 0 fully saturated rings. The molecule has 12 heavy (non-hydrogen) atoms. The standard InChI is InChI=1S/C10H9N.Pt/c1-8-6-7-9-4-2-3-5-10(9)11-8;/h2-7H,1H3;. The molecule has 0 spiro atoms. The van der Waals surface area contributed by atoms with Crippen molar-refractivity contribution in [2.24, 2.45) is 0 Å². The second kappa shape index (κ2) is 3.82. The van der Waals surface area contributed by atoms with Crippen molar-refractivity contribution in [1.82, 2.24) is 4.98 Å². The van der Waals surface area contributed by atoms with Crippen LogP contribution in [0.3, 0.4) is 0 Å². The zero-order chi connectivity index (χ0) is 7.68. The van der Waals surface area contributed by atoms with Gasteiger partial charge in [0.25, 0.3) is 0 Å². The largest absolute Gasteiger partial charge is 0.253 e. The molecule has 0 atom stereocenters. The third-order valence-electron chi connectivity index (χ3n) is 1.74. The number of pyridine rings is 1. The molecule has 0 unspecified atom stereocenters. The van der Waals surface area contributed by atoms with Crippen molar-refractivity contribution in [3.05, 3.63) is 42.1 Å². The average Bonchev–Trinajstić information content (AvgIpc) is 2.04. The minimum Gasteiger partial charge on any atom is -0.253 e. The summed E-state index contributed by atoms with van der Waals surface area (Å²) < 4.78 is 0. The van der Waals surface area contributed by atoms with Crippen LogP contribution in [-0.2, 0) is 21.1 Å². The van der Waals surface area contributed by atoms with E-state index in [1.807, 2.05) is 31.2 Å². The van der Waals surface area contributed by atoms with E-state index in [9.17, 15) is 0 Å². The molecule has 0 aliphatic rings. The number of hydrogen-bond acceptors (Lipinski definition) is 1. The second-order valence-corrected chi connectivity index (χ2v) is 2.65. The molecule has 0 amide bonds. The predicted octanol–water partition coefficient (Wildman–Crippen LogP) is 2.54. The zero-order valence-corrected chi connectivity index (χ0v) is 9.00. The van der Waals surface area contributed by atoms with Gasteiger partial charge >= 0.3 is 0 Å². The minimum absolute atomic E-state index is 0. The molecule has 64 valence electrons. The van der Waals surface area contributed by atoms with E-state index in [0.29, 0.717) is 0 Å². The first-order valence-electron chi connectivity index (χ1n) is 3.69. The van der Waals surface area contributed by atoms with Crippen LogP contribution >= 0.6 is 0 Å². The molecular weight excluding hydrogens is 329 g/mol. The summed E-state index contributed by atoms with van der Waals surface area (Å²) in [7, 11) is 0. The first kappa shape index (κ1) is 9.41. The molecule has 1 aromatic heterocycles. The van der Waals surface area contributed by atoms with Gasteiger partial charge in [0.1, 0.15) is 0 Å². The molecule has 0 saturated heterocycles. The monoisotopic (exact) mass is 338 g/mol. The van der Waals surface area contributed by atoms with E-state index in [0.717, 1.165) is 11.2 Å². The van der Waals surface area contributed by atoms with Crippen LogP contribution in [0.25, 0.3) is 10.9 Å². The molecule has 0 aliphatic heterocycles. The summed E-state index contributed by atoms with van der Waals surface area (Å²) in [6.07, 6.45) is 0. The van der Waals surface area contributed by atoms with Crippen molar-refractivity contribution < 1.29 is 21.1 Å². The summed E-state index contributed by atoms with van der Waals surface area (Å²) in [5.74, 6) is 0. The van der Waals surface area contributed by atoms with Crippen LogP contribution in [0.1, 0.15) is 5.69 Å². The first-order chi connectivity index (χ1) is 5.36. The number of aryl methyl sites for hydroxylation is 1. The Hall–Kier alpha value is -0.682. The summed E-state index contributed by atoms with van der Waals surface area (Å²) in [6.45, 7) is 2.01. The Morgan fingerprint density at radius 1 is 1.00 bits per heavy atom. The number of nitrogens with zero attached hydrogens (tertiary/aromatic N) is 1. The molecule has 1 heterocycles. The molecule has 1 nitrogen and oxygen atoms in total. The zero-order valence-electron chi connectivity index (χ0n) is 6.73. The van der Waals surface area contributed by atoms with E-state index in [4.69, 9.17) is 0 Å². The third-order valence-corrected chi connectivity index (χ3v) is 1.74. The van der Waals surface area contributed by atoms with E-state index < -0.39 is 0 Å².